The molecule has 3 nitrogen and oxygen atoms in total. The molecular formula is C16H21BrO3. The van der Waals surface area contributed by atoms with Crippen LogP contribution in [0.4, 0.5) is 0 Å². The van der Waals surface area contributed by atoms with Gasteiger partial charge in [-0.2, -0.15) is 0 Å². The number of carbonyl (C=O) groups excluding carboxylic acids is 1. The van der Waals surface area contributed by atoms with Crippen LogP contribution in [-0.2, 0) is 20.7 Å². The molecule has 1 aliphatic carbocycles. The molecule has 0 N–H and O–H groups in total. The maximum atomic E-state index is 12.0. The quantitative estimate of drug-likeness (QED) is 0.741. The Hall–Kier alpha value is -0.870. The van der Waals surface area contributed by atoms with Crippen LogP contribution in [0.5, 0.6) is 0 Å². The molecule has 0 unspecified atom stereocenters. The van der Waals surface area contributed by atoms with Crippen LogP contribution in [-0.4, -0.2) is 26.3 Å². The van der Waals surface area contributed by atoms with Crippen molar-refractivity contribution < 1.29 is 14.3 Å². The van der Waals surface area contributed by atoms with Crippen LogP contribution < -0.4 is 0 Å². The zero-order chi connectivity index (χ0) is 14.7. The number of carbonyl (C=O) groups is 1. The Kier molecular flexibility index (Phi) is 5.22. The number of halogens is 1. The lowest BCUT2D eigenvalue weighted by molar-refractivity contribution is -0.149. The molecule has 2 rings (SSSR count). The second kappa shape index (κ2) is 6.72. The van der Waals surface area contributed by atoms with Crippen molar-refractivity contribution in [1.29, 1.82) is 0 Å². The Morgan fingerprint density at radius 3 is 2.65 bits per heavy atom. The monoisotopic (exact) mass is 340 g/mol. The molecule has 0 aromatic heterocycles. The lowest BCUT2D eigenvalue weighted by Crippen LogP contribution is -2.30. The van der Waals surface area contributed by atoms with Crippen LogP contribution in [0.25, 0.3) is 0 Å². The molecule has 2 atom stereocenters. The summed E-state index contributed by atoms with van der Waals surface area (Å²) in [6, 6.07) is 6.32. The smallest absolute Gasteiger partial charge is 0.311 e. The Morgan fingerprint density at radius 2 is 2.10 bits per heavy atom. The van der Waals surface area contributed by atoms with Gasteiger partial charge in [-0.1, -0.05) is 22.0 Å². The Labute approximate surface area is 128 Å². The average Bonchev–Trinajstić information content (AvgIpc) is 3.28. The Balaban J connectivity index is 2.23. The molecule has 0 spiro atoms. The highest BCUT2D eigenvalue weighted by atomic mass is 79.9. The second-order valence-electron chi connectivity index (χ2n) is 5.39. The summed E-state index contributed by atoms with van der Waals surface area (Å²) < 4.78 is 11.4. The first kappa shape index (κ1) is 15.5. The van der Waals surface area contributed by atoms with E-state index in [0.717, 1.165) is 4.47 Å². The minimum absolute atomic E-state index is 0.154. The van der Waals surface area contributed by atoms with Gasteiger partial charge >= 0.3 is 5.97 Å². The minimum atomic E-state index is -0.260. The summed E-state index contributed by atoms with van der Waals surface area (Å²) in [5.74, 6) is 0.186. The number of hydrogen-bond donors (Lipinski definition) is 0. The van der Waals surface area contributed by atoms with E-state index in [4.69, 9.17) is 9.47 Å². The highest BCUT2D eigenvalue weighted by Gasteiger charge is 2.31. The van der Waals surface area contributed by atoms with Gasteiger partial charge in [0.15, 0.2) is 0 Å². The molecule has 0 saturated heterocycles. The van der Waals surface area contributed by atoms with Gasteiger partial charge in [0, 0.05) is 11.6 Å². The van der Waals surface area contributed by atoms with E-state index in [1.807, 2.05) is 13.0 Å². The molecule has 1 fully saturated rings. The van der Waals surface area contributed by atoms with E-state index in [-0.39, 0.29) is 18.0 Å². The molecule has 1 aromatic rings. The molecule has 4 heteroatoms. The molecule has 1 aliphatic rings. The molecule has 1 saturated carbocycles. The van der Waals surface area contributed by atoms with E-state index < -0.39 is 0 Å². The lowest BCUT2D eigenvalue weighted by Gasteiger charge is -2.22. The first-order chi connectivity index (χ1) is 9.56. The molecule has 110 valence electrons. The molecule has 0 heterocycles. The molecule has 0 radical (unpaired) electrons. The summed E-state index contributed by atoms with van der Waals surface area (Å²) in [5.41, 5.74) is 2.59. The van der Waals surface area contributed by atoms with Crippen LogP contribution in [0.15, 0.2) is 22.7 Å². The van der Waals surface area contributed by atoms with Crippen LogP contribution in [0, 0.1) is 5.92 Å². The fraction of sp³-hybridized carbons (Fsp3) is 0.562. The molecule has 1 aromatic carbocycles. The summed E-state index contributed by atoms with van der Waals surface area (Å²) in [7, 11) is 3.06. The average molecular weight is 341 g/mol. The third-order valence-corrected chi connectivity index (χ3v) is 4.50. The van der Waals surface area contributed by atoms with Gasteiger partial charge in [-0.3, -0.25) is 4.79 Å². The predicted molar refractivity (Wildman–Crippen MR) is 81.8 cm³/mol. The highest BCUT2D eigenvalue weighted by Crippen LogP contribution is 2.43. The SMILES string of the molecule is COC(=O)[C@@H](Cc1ccc(Br)cc1C1CC1)[C@H](C)OC. The maximum absolute atomic E-state index is 12.0. The van der Waals surface area contributed by atoms with Gasteiger partial charge in [-0.15, -0.1) is 0 Å². The third-order valence-electron chi connectivity index (χ3n) is 4.01. The number of esters is 1. The van der Waals surface area contributed by atoms with Crippen molar-refractivity contribution in [2.45, 2.75) is 38.2 Å². The van der Waals surface area contributed by atoms with E-state index >= 15 is 0 Å². The molecular weight excluding hydrogens is 320 g/mol. The zero-order valence-corrected chi connectivity index (χ0v) is 13.8. The minimum Gasteiger partial charge on any atom is -0.469 e. The predicted octanol–water partition coefficient (Wildman–Crippen LogP) is 3.69. The summed E-state index contributed by atoms with van der Waals surface area (Å²) >= 11 is 3.53. The van der Waals surface area contributed by atoms with Crippen molar-refractivity contribution in [3.05, 3.63) is 33.8 Å². The van der Waals surface area contributed by atoms with Crippen molar-refractivity contribution in [3.8, 4) is 0 Å². The summed E-state index contributed by atoms with van der Waals surface area (Å²) in [5, 5.41) is 0. The van der Waals surface area contributed by atoms with Crippen LogP contribution in [0.1, 0.15) is 36.8 Å². The number of hydrogen-bond acceptors (Lipinski definition) is 3. The summed E-state index contributed by atoms with van der Waals surface area (Å²) in [6.07, 6.45) is 3.00. The van der Waals surface area contributed by atoms with Crippen LogP contribution in [0.3, 0.4) is 0 Å². The maximum Gasteiger partial charge on any atom is 0.311 e. The Morgan fingerprint density at radius 1 is 1.40 bits per heavy atom. The van der Waals surface area contributed by atoms with Gasteiger partial charge in [0.25, 0.3) is 0 Å². The number of ether oxygens (including phenoxy) is 2. The topological polar surface area (TPSA) is 35.5 Å². The molecule has 20 heavy (non-hydrogen) atoms. The fourth-order valence-corrected chi connectivity index (χ4v) is 2.90. The molecule has 0 bridgehead atoms. The largest absolute Gasteiger partial charge is 0.469 e. The lowest BCUT2D eigenvalue weighted by atomic mass is 9.90. The fourth-order valence-electron chi connectivity index (χ4n) is 2.52. The van der Waals surface area contributed by atoms with Crippen LogP contribution >= 0.6 is 15.9 Å². The van der Waals surface area contributed by atoms with Gasteiger partial charge in [0.05, 0.1) is 19.1 Å². The zero-order valence-electron chi connectivity index (χ0n) is 12.2. The van der Waals surface area contributed by atoms with E-state index in [1.54, 1.807) is 7.11 Å². The molecule has 0 aliphatic heterocycles. The number of benzene rings is 1. The molecule has 0 amide bonds. The van der Waals surface area contributed by atoms with E-state index in [0.29, 0.717) is 12.3 Å². The van der Waals surface area contributed by atoms with E-state index in [9.17, 15) is 4.79 Å². The third kappa shape index (κ3) is 3.61. The van der Waals surface area contributed by atoms with Gasteiger partial charge in [-0.05, 0) is 55.4 Å². The van der Waals surface area contributed by atoms with Crippen molar-refractivity contribution in [3.63, 3.8) is 0 Å². The second-order valence-corrected chi connectivity index (χ2v) is 6.31. The van der Waals surface area contributed by atoms with Gasteiger partial charge in [0.2, 0.25) is 0 Å². The van der Waals surface area contributed by atoms with E-state index in [1.165, 1.54) is 31.1 Å². The van der Waals surface area contributed by atoms with Crippen molar-refractivity contribution in [1.82, 2.24) is 0 Å². The van der Waals surface area contributed by atoms with Gasteiger partial charge < -0.3 is 9.47 Å². The van der Waals surface area contributed by atoms with E-state index in [2.05, 4.69) is 28.1 Å². The normalized spacial score (nSPS) is 17.6. The number of rotatable bonds is 6. The van der Waals surface area contributed by atoms with Gasteiger partial charge in [-0.25, -0.2) is 0 Å². The highest BCUT2D eigenvalue weighted by molar-refractivity contribution is 9.10. The summed E-state index contributed by atoms with van der Waals surface area (Å²) in [6.45, 7) is 1.91. The van der Waals surface area contributed by atoms with Crippen LogP contribution in [0.2, 0.25) is 0 Å². The van der Waals surface area contributed by atoms with Crippen molar-refractivity contribution in [2.24, 2.45) is 5.92 Å². The standard InChI is InChI=1S/C16H21BrO3/c1-10(19-2)14(16(18)20-3)8-12-6-7-13(17)9-15(12)11-4-5-11/h6-7,9-11,14H,4-5,8H2,1-3H3/t10-,14-/m0/s1. The van der Waals surface area contributed by atoms with Gasteiger partial charge in [0.1, 0.15) is 0 Å². The first-order valence-corrected chi connectivity index (χ1v) is 7.75. The van der Waals surface area contributed by atoms with Crippen molar-refractivity contribution in [2.75, 3.05) is 14.2 Å². The van der Waals surface area contributed by atoms with Crippen molar-refractivity contribution >= 4 is 21.9 Å². The summed E-state index contributed by atoms with van der Waals surface area (Å²) in [4.78, 5) is 12.0. The Bertz CT molecular complexity index is 483. The number of methoxy groups -OCH3 is 2. The first-order valence-electron chi connectivity index (χ1n) is 6.95.